The maximum Gasteiger partial charge on any atom is 0.339 e. The topological polar surface area (TPSA) is 26.3 Å². The van der Waals surface area contributed by atoms with Gasteiger partial charge in [-0.05, 0) is 70.6 Å². The molecule has 254 valence electrons. The standard InChI is InChI=1S/C40H78NO2/c1-5-7-9-11-13-15-17-19-21-23-25-27-29-31-33-35-37-41(3,4)40(42)39-43-38-36-34-32-30-28-26-24-22-20-18-16-14-12-10-8-6-2/h19-22H,5-18,23-39H2,1-4H3/q+1/b21-19-,22-20-. The number of likely N-dealkylation sites (N-methyl/N-ethyl adjacent to an activating group) is 1. The van der Waals surface area contributed by atoms with Crippen LogP contribution in [0.3, 0.4) is 0 Å². The fourth-order valence-electron chi connectivity index (χ4n) is 5.67. The molecule has 0 bridgehead atoms. The molecule has 0 fully saturated rings. The van der Waals surface area contributed by atoms with Crippen molar-refractivity contribution in [3.63, 3.8) is 0 Å². The highest BCUT2D eigenvalue weighted by Crippen LogP contribution is 2.13. The number of rotatable bonds is 34. The summed E-state index contributed by atoms with van der Waals surface area (Å²) < 4.78 is 6.21. The Morgan fingerprint density at radius 1 is 0.465 bits per heavy atom. The van der Waals surface area contributed by atoms with E-state index in [2.05, 4.69) is 38.2 Å². The molecule has 0 aliphatic heterocycles. The summed E-state index contributed by atoms with van der Waals surface area (Å²) >= 11 is 0. The first-order valence-corrected chi connectivity index (χ1v) is 19.3. The van der Waals surface area contributed by atoms with Crippen molar-refractivity contribution in [3.8, 4) is 0 Å². The van der Waals surface area contributed by atoms with Crippen LogP contribution in [0.15, 0.2) is 24.3 Å². The van der Waals surface area contributed by atoms with Gasteiger partial charge in [0.2, 0.25) is 0 Å². The highest BCUT2D eigenvalue weighted by atomic mass is 16.5. The lowest BCUT2D eigenvalue weighted by atomic mass is 10.1. The Hall–Kier alpha value is -0.930. The van der Waals surface area contributed by atoms with Crippen LogP contribution in [0.4, 0.5) is 0 Å². The summed E-state index contributed by atoms with van der Waals surface area (Å²) in [6.07, 6.45) is 46.5. The number of amides is 1. The summed E-state index contributed by atoms with van der Waals surface area (Å²) in [6.45, 7) is 6.48. The third-order valence-electron chi connectivity index (χ3n) is 8.93. The van der Waals surface area contributed by atoms with Crippen molar-refractivity contribution in [2.75, 3.05) is 33.9 Å². The van der Waals surface area contributed by atoms with E-state index in [-0.39, 0.29) is 12.5 Å². The number of hydrogen-bond donors (Lipinski definition) is 0. The molecule has 0 unspecified atom stereocenters. The lowest BCUT2D eigenvalue weighted by Crippen LogP contribution is -2.48. The molecule has 43 heavy (non-hydrogen) atoms. The van der Waals surface area contributed by atoms with Gasteiger partial charge in [0.25, 0.3) is 0 Å². The summed E-state index contributed by atoms with van der Waals surface area (Å²) in [5.41, 5.74) is 0. The lowest BCUT2D eigenvalue weighted by molar-refractivity contribution is -0.814. The van der Waals surface area contributed by atoms with Crippen LogP contribution < -0.4 is 0 Å². The normalized spacial score (nSPS) is 12.3. The Bertz CT molecular complexity index is 624. The van der Waals surface area contributed by atoms with E-state index in [1.807, 2.05) is 14.1 Å². The molecule has 3 nitrogen and oxygen atoms in total. The zero-order chi connectivity index (χ0) is 31.5. The minimum atomic E-state index is 0.220. The molecule has 0 spiro atoms. The monoisotopic (exact) mass is 605 g/mol. The van der Waals surface area contributed by atoms with Gasteiger partial charge < -0.3 is 4.74 Å². The van der Waals surface area contributed by atoms with Crippen LogP contribution in [0.2, 0.25) is 0 Å². The summed E-state index contributed by atoms with van der Waals surface area (Å²) in [5.74, 6) is 0.220. The first-order valence-electron chi connectivity index (χ1n) is 19.3. The number of ether oxygens (including phenoxy) is 1. The molecule has 3 heteroatoms. The number of allylic oxidation sites excluding steroid dienone is 4. The summed E-state index contributed by atoms with van der Waals surface area (Å²) in [4.78, 5) is 12.7. The van der Waals surface area contributed by atoms with Crippen molar-refractivity contribution in [1.29, 1.82) is 0 Å². The Balaban J connectivity index is 3.47. The predicted molar refractivity (Wildman–Crippen MR) is 192 cm³/mol. The lowest BCUT2D eigenvalue weighted by Gasteiger charge is -2.26. The zero-order valence-electron chi connectivity index (χ0n) is 30.0. The van der Waals surface area contributed by atoms with Gasteiger partial charge in [-0.2, -0.15) is 0 Å². The molecule has 0 rings (SSSR count). The van der Waals surface area contributed by atoms with E-state index in [1.54, 1.807) is 0 Å². The van der Waals surface area contributed by atoms with Crippen molar-refractivity contribution in [1.82, 2.24) is 0 Å². The van der Waals surface area contributed by atoms with Gasteiger partial charge in [0.1, 0.15) is 0 Å². The van der Waals surface area contributed by atoms with Gasteiger partial charge in [-0.3, -0.25) is 4.48 Å². The van der Waals surface area contributed by atoms with E-state index in [0.29, 0.717) is 4.48 Å². The molecule has 0 aromatic rings. The van der Waals surface area contributed by atoms with Gasteiger partial charge in [0.15, 0.2) is 6.61 Å². The Morgan fingerprint density at radius 2 is 0.791 bits per heavy atom. The van der Waals surface area contributed by atoms with Crippen LogP contribution in [0, 0.1) is 0 Å². The molecular formula is C40H78NO2+. The van der Waals surface area contributed by atoms with Gasteiger partial charge in [-0.15, -0.1) is 0 Å². The van der Waals surface area contributed by atoms with Crippen molar-refractivity contribution >= 4 is 5.91 Å². The molecule has 0 N–H and O–H groups in total. The van der Waals surface area contributed by atoms with Gasteiger partial charge >= 0.3 is 5.91 Å². The molecule has 0 heterocycles. The molecule has 0 aromatic heterocycles. The number of carbonyl (C=O) groups is 1. The number of quaternary nitrogens is 1. The molecule has 0 saturated heterocycles. The molecule has 1 amide bonds. The number of hydrogen-bond acceptors (Lipinski definition) is 2. The highest BCUT2D eigenvalue weighted by Gasteiger charge is 2.25. The SMILES string of the molecule is CCCCCCCC/C=C\CCCCCCCCOCC(=O)[N+](C)(C)CCCCCCCC/C=C\CCCCCCCC. The fourth-order valence-corrected chi connectivity index (χ4v) is 5.67. The molecule has 0 aliphatic rings. The van der Waals surface area contributed by atoms with Crippen molar-refractivity contribution in [2.24, 2.45) is 0 Å². The third-order valence-corrected chi connectivity index (χ3v) is 8.93. The summed E-state index contributed by atoms with van der Waals surface area (Å²) in [5, 5.41) is 0. The first-order chi connectivity index (χ1) is 21.0. The molecule has 0 atom stereocenters. The average molecular weight is 605 g/mol. The van der Waals surface area contributed by atoms with E-state index in [4.69, 9.17) is 4.74 Å². The minimum Gasteiger partial charge on any atom is -0.367 e. The van der Waals surface area contributed by atoms with Gasteiger partial charge in [0, 0.05) is 6.61 Å². The van der Waals surface area contributed by atoms with Crippen LogP contribution in [0.25, 0.3) is 0 Å². The van der Waals surface area contributed by atoms with Gasteiger partial charge in [-0.25, -0.2) is 4.79 Å². The van der Waals surface area contributed by atoms with Crippen LogP contribution in [0.5, 0.6) is 0 Å². The second-order valence-corrected chi connectivity index (χ2v) is 13.7. The highest BCUT2D eigenvalue weighted by molar-refractivity contribution is 5.70. The maximum atomic E-state index is 12.7. The van der Waals surface area contributed by atoms with E-state index >= 15 is 0 Å². The summed E-state index contributed by atoms with van der Waals surface area (Å²) in [7, 11) is 4.10. The molecule has 0 aromatic carbocycles. The Kier molecular flexibility index (Phi) is 33.2. The van der Waals surface area contributed by atoms with Crippen LogP contribution in [0.1, 0.15) is 194 Å². The second kappa shape index (κ2) is 34.0. The molecule has 0 saturated carbocycles. The largest absolute Gasteiger partial charge is 0.367 e. The van der Waals surface area contributed by atoms with E-state index in [0.717, 1.165) is 26.0 Å². The Morgan fingerprint density at radius 3 is 1.19 bits per heavy atom. The predicted octanol–water partition coefficient (Wildman–Crippen LogP) is 12.7. The van der Waals surface area contributed by atoms with E-state index in [9.17, 15) is 4.79 Å². The van der Waals surface area contributed by atoms with Gasteiger partial charge in [-0.1, -0.05) is 147 Å². The van der Waals surface area contributed by atoms with Crippen LogP contribution >= 0.6 is 0 Å². The van der Waals surface area contributed by atoms with E-state index in [1.165, 1.54) is 167 Å². The van der Waals surface area contributed by atoms with Crippen molar-refractivity contribution in [2.45, 2.75) is 194 Å². The van der Waals surface area contributed by atoms with Crippen molar-refractivity contribution < 1.29 is 14.0 Å². The molecule has 0 radical (unpaired) electrons. The van der Waals surface area contributed by atoms with Crippen molar-refractivity contribution in [3.05, 3.63) is 24.3 Å². The van der Waals surface area contributed by atoms with E-state index < -0.39 is 0 Å². The van der Waals surface area contributed by atoms with Gasteiger partial charge in [0.05, 0.1) is 20.6 Å². The first kappa shape index (κ1) is 42.1. The molecule has 0 aliphatic carbocycles. The van der Waals surface area contributed by atoms with Crippen LogP contribution in [-0.2, 0) is 9.53 Å². The Labute approximate surface area is 271 Å². The third kappa shape index (κ3) is 32.3. The number of carbonyl (C=O) groups excluding carboxylic acids is 1. The number of nitrogens with zero attached hydrogens (tertiary/aromatic N) is 1. The fraction of sp³-hybridized carbons (Fsp3) is 0.875. The average Bonchev–Trinajstić information content (AvgIpc) is 3.00. The summed E-state index contributed by atoms with van der Waals surface area (Å²) in [6, 6.07) is 0. The number of unbranched alkanes of at least 4 members (excludes halogenated alkanes) is 24. The zero-order valence-corrected chi connectivity index (χ0v) is 30.0. The van der Waals surface area contributed by atoms with Crippen LogP contribution in [-0.4, -0.2) is 44.2 Å². The minimum absolute atomic E-state index is 0.220. The maximum absolute atomic E-state index is 12.7. The molecular weight excluding hydrogens is 526 g/mol. The quantitative estimate of drug-likeness (QED) is 0.0415. The second-order valence-electron chi connectivity index (χ2n) is 13.7. The smallest absolute Gasteiger partial charge is 0.339 e.